The Hall–Kier alpha value is -1.18. The highest BCUT2D eigenvalue weighted by Gasteiger charge is 2.21. The van der Waals surface area contributed by atoms with Crippen LogP contribution < -0.4 is 10.6 Å². The molecule has 1 aliphatic heterocycles. The van der Waals surface area contributed by atoms with Crippen LogP contribution in [0.3, 0.4) is 0 Å². The Kier molecular flexibility index (Phi) is 2.36. The molecule has 2 nitrogen and oxygen atoms in total. The first-order chi connectivity index (χ1) is 6.68. The molecular weight excluding hydrogens is 172 g/mol. The summed E-state index contributed by atoms with van der Waals surface area (Å²) < 4.78 is 0. The normalized spacial score (nSPS) is 21.6. The van der Waals surface area contributed by atoms with Gasteiger partial charge < -0.3 is 10.6 Å². The van der Waals surface area contributed by atoms with Gasteiger partial charge >= 0.3 is 0 Å². The average molecular weight is 190 g/mol. The van der Waals surface area contributed by atoms with E-state index >= 15 is 0 Å². The molecule has 2 rings (SSSR count). The van der Waals surface area contributed by atoms with Crippen molar-refractivity contribution in [2.24, 2.45) is 5.92 Å². The minimum Gasteiger partial charge on any atom is -0.397 e. The van der Waals surface area contributed by atoms with Crippen LogP contribution in [-0.2, 0) is 0 Å². The molecule has 0 saturated carbocycles. The standard InChI is InChI=1S/C12H18N2/c1-9-6-7-14(8-9)12-10(2)4-3-5-11(12)13/h3-5,9H,6-8,13H2,1-2H3. The van der Waals surface area contributed by atoms with E-state index in [0.717, 1.165) is 24.7 Å². The summed E-state index contributed by atoms with van der Waals surface area (Å²) >= 11 is 0. The van der Waals surface area contributed by atoms with Gasteiger partial charge in [0, 0.05) is 13.1 Å². The van der Waals surface area contributed by atoms with Gasteiger partial charge in [-0.2, -0.15) is 0 Å². The summed E-state index contributed by atoms with van der Waals surface area (Å²) in [5.41, 5.74) is 9.46. The number of hydrogen-bond donors (Lipinski definition) is 1. The summed E-state index contributed by atoms with van der Waals surface area (Å²) in [6.07, 6.45) is 1.29. The Morgan fingerprint density at radius 2 is 2.21 bits per heavy atom. The highest BCUT2D eigenvalue weighted by molar-refractivity contribution is 5.71. The molecule has 2 heteroatoms. The van der Waals surface area contributed by atoms with Crippen LogP contribution in [0.5, 0.6) is 0 Å². The topological polar surface area (TPSA) is 29.3 Å². The molecule has 76 valence electrons. The van der Waals surface area contributed by atoms with Gasteiger partial charge in [0.2, 0.25) is 0 Å². The van der Waals surface area contributed by atoms with Gasteiger partial charge in [-0.25, -0.2) is 0 Å². The minimum atomic E-state index is 0.800. The van der Waals surface area contributed by atoms with E-state index in [2.05, 4.69) is 24.8 Å². The Bertz CT molecular complexity index is 313. The largest absolute Gasteiger partial charge is 0.397 e. The maximum absolute atomic E-state index is 6.00. The molecule has 0 bridgehead atoms. The van der Waals surface area contributed by atoms with Gasteiger partial charge in [-0.3, -0.25) is 0 Å². The number of benzene rings is 1. The predicted molar refractivity (Wildman–Crippen MR) is 61.6 cm³/mol. The van der Waals surface area contributed by atoms with Crippen LogP contribution in [0.4, 0.5) is 11.4 Å². The Labute approximate surface area is 85.7 Å². The summed E-state index contributed by atoms with van der Waals surface area (Å²) in [4.78, 5) is 2.41. The van der Waals surface area contributed by atoms with Crippen molar-refractivity contribution >= 4 is 11.4 Å². The number of rotatable bonds is 1. The zero-order valence-corrected chi connectivity index (χ0v) is 8.96. The van der Waals surface area contributed by atoms with Crippen molar-refractivity contribution in [3.05, 3.63) is 23.8 Å². The summed E-state index contributed by atoms with van der Waals surface area (Å²) in [5, 5.41) is 0. The molecule has 0 aromatic heterocycles. The number of nitrogens with two attached hydrogens (primary N) is 1. The van der Waals surface area contributed by atoms with E-state index in [4.69, 9.17) is 5.73 Å². The van der Waals surface area contributed by atoms with Gasteiger partial charge in [0.05, 0.1) is 11.4 Å². The molecular formula is C12H18N2. The molecule has 0 spiro atoms. The molecule has 1 fully saturated rings. The fraction of sp³-hybridized carbons (Fsp3) is 0.500. The Morgan fingerprint density at radius 1 is 1.43 bits per heavy atom. The lowest BCUT2D eigenvalue weighted by Gasteiger charge is -2.22. The first-order valence-corrected chi connectivity index (χ1v) is 5.28. The van der Waals surface area contributed by atoms with Crippen molar-refractivity contribution < 1.29 is 0 Å². The molecule has 0 aliphatic carbocycles. The number of para-hydroxylation sites is 1. The fourth-order valence-electron chi connectivity index (χ4n) is 2.25. The number of nitrogens with zero attached hydrogens (tertiary/aromatic N) is 1. The van der Waals surface area contributed by atoms with E-state index in [-0.39, 0.29) is 0 Å². The van der Waals surface area contributed by atoms with Crippen molar-refractivity contribution in [2.75, 3.05) is 23.7 Å². The van der Waals surface area contributed by atoms with Crippen molar-refractivity contribution in [1.82, 2.24) is 0 Å². The Morgan fingerprint density at radius 3 is 2.79 bits per heavy atom. The maximum Gasteiger partial charge on any atom is 0.0629 e. The summed E-state index contributed by atoms with van der Waals surface area (Å²) in [6, 6.07) is 6.15. The third kappa shape index (κ3) is 1.57. The van der Waals surface area contributed by atoms with Gasteiger partial charge in [0.25, 0.3) is 0 Å². The summed E-state index contributed by atoms with van der Waals surface area (Å²) in [6.45, 7) is 6.73. The number of anilines is 2. The van der Waals surface area contributed by atoms with Gasteiger partial charge in [0.15, 0.2) is 0 Å². The van der Waals surface area contributed by atoms with E-state index in [1.807, 2.05) is 12.1 Å². The third-order valence-electron chi connectivity index (χ3n) is 3.01. The molecule has 0 radical (unpaired) electrons. The van der Waals surface area contributed by atoms with Crippen molar-refractivity contribution in [3.63, 3.8) is 0 Å². The number of aryl methyl sites for hydroxylation is 1. The van der Waals surface area contributed by atoms with Crippen molar-refractivity contribution in [3.8, 4) is 0 Å². The molecule has 1 aromatic carbocycles. The second-order valence-electron chi connectivity index (χ2n) is 4.35. The van der Waals surface area contributed by atoms with E-state index < -0.39 is 0 Å². The zero-order valence-electron chi connectivity index (χ0n) is 8.96. The SMILES string of the molecule is Cc1cccc(N)c1N1CCC(C)C1. The molecule has 1 atom stereocenters. The number of hydrogen-bond acceptors (Lipinski definition) is 2. The van der Waals surface area contributed by atoms with E-state index in [1.165, 1.54) is 17.7 Å². The monoisotopic (exact) mass is 190 g/mol. The second kappa shape index (κ2) is 3.52. The summed E-state index contributed by atoms with van der Waals surface area (Å²) in [7, 11) is 0. The molecule has 1 aliphatic rings. The molecule has 1 aromatic rings. The lowest BCUT2D eigenvalue weighted by atomic mass is 10.1. The maximum atomic E-state index is 6.00. The lowest BCUT2D eigenvalue weighted by Crippen LogP contribution is -2.21. The highest BCUT2D eigenvalue weighted by atomic mass is 15.2. The first-order valence-electron chi connectivity index (χ1n) is 5.28. The predicted octanol–water partition coefficient (Wildman–Crippen LogP) is 2.42. The van der Waals surface area contributed by atoms with Gasteiger partial charge in [-0.1, -0.05) is 19.1 Å². The molecule has 14 heavy (non-hydrogen) atoms. The van der Waals surface area contributed by atoms with Gasteiger partial charge in [-0.05, 0) is 30.9 Å². The van der Waals surface area contributed by atoms with Crippen LogP contribution in [0.25, 0.3) is 0 Å². The van der Waals surface area contributed by atoms with Crippen LogP contribution in [0, 0.1) is 12.8 Å². The van der Waals surface area contributed by atoms with E-state index in [0.29, 0.717) is 0 Å². The minimum absolute atomic E-state index is 0.800. The lowest BCUT2D eigenvalue weighted by molar-refractivity contribution is 0.659. The van der Waals surface area contributed by atoms with E-state index in [1.54, 1.807) is 0 Å². The molecule has 0 amide bonds. The van der Waals surface area contributed by atoms with Crippen LogP contribution in [0.2, 0.25) is 0 Å². The average Bonchev–Trinajstić information content (AvgIpc) is 2.51. The molecule has 2 N–H and O–H groups in total. The first kappa shape index (κ1) is 9.38. The zero-order chi connectivity index (χ0) is 10.1. The molecule has 1 saturated heterocycles. The van der Waals surface area contributed by atoms with Gasteiger partial charge in [-0.15, -0.1) is 0 Å². The van der Waals surface area contributed by atoms with Gasteiger partial charge in [0.1, 0.15) is 0 Å². The third-order valence-corrected chi connectivity index (χ3v) is 3.01. The van der Waals surface area contributed by atoms with Crippen molar-refractivity contribution in [2.45, 2.75) is 20.3 Å². The molecule has 1 heterocycles. The van der Waals surface area contributed by atoms with Crippen molar-refractivity contribution in [1.29, 1.82) is 0 Å². The second-order valence-corrected chi connectivity index (χ2v) is 4.35. The fourth-order valence-corrected chi connectivity index (χ4v) is 2.25. The summed E-state index contributed by atoms with van der Waals surface area (Å²) in [5.74, 6) is 0.800. The Balaban J connectivity index is 2.31. The molecule has 1 unspecified atom stereocenters. The quantitative estimate of drug-likeness (QED) is 0.689. The van der Waals surface area contributed by atoms with E-state index in [9.17, 15) is 0 Å². The smallest absolute Gasteiger partial charge is 0.0629 e. The van der Waals surface area contributed by atoms with Crippen LogP contribution >= 0.6 is 0 Å². The van der Waals surface area contributed by atoms with Crippen LogP contribution in [-0.4, -0.2) is 13.1 Å². The highest BCUT2D eigenvalue weighted by Crippen LogP contribution is 2.31. The van der Waals surface area contributed by atoms with Crippen LogP contribution in [0.15, 0.2) is 18.2 Å². The number of nitrogen functional groups attached to an aromatic ring is 1. The van der Waals surface area contributed by atoms with Crippen LogP contribution in [0.1, 0.15) is 18.9 Å².